The minimum atomic E-state index is -0.496. The van der Waals surface area contributed by atoms with Crippen LogP contribution in [0, 0.1) is 11.5 Å². The Kier molecular flexibility index (Phi) is 6.54. The van der Waals surface area contributed by atoms with Gasteiger partial charge in [-0.2, -0.15) is 5.06 Å². The molecule has 0 saturated carbocycles. The van der Waals surface area contributed by atoms with E-state index in [0.29, 0.717) is 24.3 Å². The zero-order valence-electron chi connectivity index (χ0n) is 18.4. The SMILES string of the molecule is CC1(C)CC(OC(=O)Nc2ccc(Cc3ccc(OC#N)cc3)cc2)CC(C)(C)N1O. The first-order chi connectivity index (χ1) is 14.6. The number of amides is 1. The fraction of sp³-hybridized carbons (Fsp3) is 0.417. The fourth-order valence-corrected chi connectivity index (χ4v) is 4.23. The van der Waals surface area contributed by atoms with E-state index in [1.165, 1.54) is 5.06 Å². The van der Waals surface area contributed by atoms with Crippen molar-refractivity contribution in [1.29, 1.82) is 5.26 Å². The molecule has 0 atom stereocenters. The van der Waals surface area contributed by atoms with Gasteiger partial charge in [0.15, 0.2) is 0 Å². The van der Waals surface area contributed by atoms with Crippen molar-refractivity contribution in [2.75, 3.05) is 5.32 Å². The molecule has 1 fully saturated rings. The molecular weight excluding hydrogens is 394 g/mol. The Labute approximate surface area is 183 Å². The Morgan fingerprint density at radius 3 is 2.10 bits per heavy atom. The number of hydrogen-bond donors (Lipinski definition) is 2. The van der Waals surface area contributed by atoms with Crippen molar-refractivity contribution in [3.8, 4) is 12.0 Å². The minimum absolute atomic E-state index is 0.277. The van der Waals surface area contributed by atoms with Crippen LogP contribution in [0.15, 0.2) is 48.5 Å². The highest BCUT2D eigenvalue weighted by Gasteiger charge is 2.46. The molecule has 1 aliphatic rings. The van der Waals surface area contributed by atoms with Crippen LogP contribution in [0.3, 0.4) is 0 Å². The lowest BCUT2D eigenvalue weighted by Gasteiger charge is -2.50. The van der Waals surface area contributed by atoms with Crippen molar-refractivity contribution < 1.29 is 19.5 Å². The Bertz CT molecular complexity index is 928. The van der Waals surface area contributed by atoms with E-state index >= 15 is 0 Å². The lowest BCUT2D eigenvalue weighted by atomic mass is 9.80. The van der Waals surface area contributed by atoms with Crippen molar-refractivity contribution in [1.82, 2.24) is 5.06 Å². The highest BCUT2D eigenvalue weighted by molar-refractivity contribution is 5.84. The van der Waals surface area contributed by atoms with E-state index in [1.807, 2.05) is 64.1 Å². The van der Waals surface area contributed by atoms with Crippen LogP contribution in [-0.4, -0.2) is 33.5 Å². The van der Waals surface area contributed by atoms with Crippen LogP contribution in [0.2, 0.25) is 0 Å². The second-order valence-corrected chi connectivity index (χ2v) is 9.21. The fourth-order valence-electron chi connectivity index (χ4n) is 4.23. The van der Waals surface area contributed by atoms with Crippen LogP contribution >= 0.6 is 0 Å². The number of carbonyl (C=O) groups is 1. The van der Waals surface area contributed by atoms with Gasteiger partial charge in [0, 0.05) is 29.6 Å². The molecule has 7 nitrogen and oxygen atoms in total. The Hall–Kier alpha value is -3.08. The minimum Gasteiger partial charge on any atom is -0.446 e. The number of nitrogens with one attached hydrogen (secondary N) is 1. The summed E-state index contributed by atoms with van der Waals surface area (Å²) in [4.78, 5) is 12.4. The van der Waals surface area contributed by atoms with Gasteiger partial charge in [-0.3, -0.25) is 5.32 Å². The van der Waals surface area contributed by atoms with Gasteiger partial charge >= 0.3 is 6.09 Å². The summed E-state index contributed by atoms with van der Waals surface area (Å²) in [5, 5.41) is 23.1. The zero-order chi connectivity index (χ0) is 22.6. The van der Waals surface area contributed by atoms with E-state index in [-0.39, 0.29) is 6.10 Å². The van der Waals surface area contributed by atoms with E-state index in [9.17, 15) is 10.0 Å². The first kappa shape index (κ1) is 22.6. The highest BCUT2D eigenvalue weighted by atomic mass is 16.6. The first-order valence-corrected chi connectivity index (χ1v) is 10.3. The average molecular weight is 424 g/mol. The molecule has 0 bridgehead atoms. The predicted molar refractivity (Wildman–Crippen MR) is 117 cm³/mol. The lowest BCUT2D eigenvalue weighted by molar-refractivity contribution is -0.256. The van der Waals surface area contributed by atoms with Crippen LogP contribution in [0.4, 0.5) is 10.5 Å². The predicted octanol–water partition coefficient (Wildman–Crippen LogP) is 5.10. The third-order valence-corrected chi connectivity index (χ3v) is 5.57. The standard InChI is InChI=1S/C24H29N3O4/c1-23(2)14-21(15-24(3,4)27(23)29)31-22(28)26-19-9-5-17(6-10-19)13-18-7-11-20(12-8-18)30-16-25/h5-12,21,29H,13-15H2,1-4H3,(H,26,28). The molecule has 3 rings (SSSR count). The number of nitrogens with zero attached hydrogens (tertiary/aromatic N) is 2. The smallest absolute Gasteiger partial charge is 0.411 e. The number of hydroxylamine groups is 2. The van der Waals surface area contributed by atoms with Crippen molar-refractivity contribution >= 4 is 11.8 Å². The molecule has 31 heavy (non-hydrogen) atoms. The topological polar surface area (TPSA) is 94.8 Å². The number of piperidine rings is 1. The van der Waals surface area contributed by atoms with Gasteiger partial charge in [0.05, 0.1) is 0 Å². The second kappa shape index (κ2) is 8.96. The maximum Gasteiger partial charge on any atom is 0.411 e. The molecule has 1 heterocycles. The van der Waals surface area contributed by atoms with Gasteiger partial charge in [0.25, 0.3) is 6.26 Å². The first-order valence-electron chi connectivity index (χ1n) is 10.3. The Balaban J connectivity index is 1.55. The van der Waals surface area contributed by atoms with E-state index in [4.69, 9.17) is 14.7 Å². The molecule has 1 aliphatic heterocycles. The Morgan fingerprint density at radius 2 is 1.58 bits per heavy atom. The normalized spacial score (nSPS) is 18.1. The number of anilines is 1. The van der Waals surface area contributed by atoms with E-state index in [2.05, 4.69) is 5.32 Å². The molecule has 2 aromatic rings. The van der Waals surface area contributed by atoms with Crippen molar-refractivity contribution in [3.63, 3.8) is 0 Å². The van der Waals surface area contributed by atoms with Crippen LogP contribution in [-0.2, 0) is 11.2 Å². The molecule has 1 amide bonds. The van der Waals surface area contributed by atoms with E-state index < -0.39 is 17.2 Å². The molecule has 0 radical (unpaired) electrons. The van der Waals surface area contributed by atoms with Gasteiger partial charge in [-0.1, -0.05) is 24.3 Å². The number of nitriles is 1. The van der Waals surface area contributed by atoms with E-state index in [0.717, 1.165) is 17.5 Å². The number of carbonyl (C=O) groups excluding carboxylic acids is 1. The third-order valence-electron chi connectivity index (χ3n) is 5.57. The largest absolute Gasteiger partial charge is 0.446 e. The molecule has 7 heteroatoms. The second-order valence-electron chi connectivity index (χ2n) is 9.21. The molecule has 1 saturated heterocycles. The van der Waals surface area contributed by atoms with Crippen molar-refractivity contribution in [3.05, 3.63) is 59.7 Å². The molecule has 2 aromatic carbocycles. The monoisotopic (exact) mass is 423 g/mol. The molecule has 164 valence electrons. The van der Waals surface area contributed by atoms with Gasteiger partial charge in [0.2, 0.25) is 0 Å². The number of benzene rings is 2. The van der Waals surface area contributed by atoms with E-state index in [1.54, 1.807) is 18.4 Å². The summed E-state index contributed by atoms with van der Waals surface area (Å²) in [6, 6.07) is 14.9. The van der Waals surface area contributed by atoms with Gasteiger partial charge < -0.3 is 14.7 Å². The van der Waals surface area contributed by atoms with Crippen LogP contribution in [0.1, 0.15) is 51.7 Å². The summed E-state index contributed by atoms with van der Waals surface area (Å²) < 4.78 is 10.4. The summed E-state index contributed by atoms with van der Waals surface area (Å²) in [6.07, 6.45) is 2.71. The lowest BCUT2D eigenvalue weighted by Crippen LogP contribution is -2.60. The average Bonchev–Trinajstić information content (AvgIpc) is 2.69. The maximum absolute atomic E-state index is 12.4. The summed E-state index contributed by atoms with van der Waals surface area (Å²) in [6.45, 7) is 7.74. The molecule has 0 spiro atoms. The third kappa shape index (κ3) is 5.75. The Morgan fingerprint density at radius 1 is 1.06 bits per heavy atom. The van der Waals surface area contributed by atoms with Gasteiger partial charge in [-0.05, 0) is 69.5 Å². The highest BCUT2D eigenvalue weighted by Crippen LogP contribution is 2.38. The molecule has 0 aliphatic carbocycles. The molecule has 0 aromatic heterocycles. The van der Waals surface area contributed by atoms with Crippen LogP contribution in [0.25, 0.3) is 0 Å². The maximum atomic E-state index is 12.4. The van der Waals surface area contributed by atoms with Crippen LogP contribution in [0.5, 0.6) is 5.75 Å². The van der Waals surface area contributed by atoms with Gasteiger partial charge in [-0.15, -0.1) is 5.26 Å². The zero-order valence-corrected chi connectivity index (χ0v) is 18.4. The number of hydrogen-bond acceptors (Lipinski definition) is 6. The number of rotatable bonds is 5. The van der Waals surface area contributed by atoms with Crippen molar-refractivity contribution in [2.24, 2.45) is 0 Å². The van der Waals surface area contributed by atoms with Crippen molar-refractivity contribution in [2.45, 2.75) is 64.1 Å². The number of ether oxygens (including phenoxy) is 2. The summed E-state index contributed by atoms with van der Waals surface area (Å²) in [7, 11) is 0. The summed E-state index contributed by atoms with van der Waals surface area (Å²) in [5.74, 6) is 0.515. The molecular formula is C24H29N3O4. The van der Waals surface area contributed by atoms with Gasteiger partial charge in [-0.25, -0.2) is 4.79 Å². The quantitative estimate of drug-likeness (QED) is 0.650. The molecule has 0 unspecified atom stereocenters. The molecule has 2 N–H and O–H groups in total. The summed E-state index contributed by atoms with van der Waals surface area (Å²) in [5.41, 5.74) is 1.88. The summed E-state index contributed by atoms with van der Waals surface area (Å²) >= 11 is 0. The van der Waals surface area contributed by atoms with Gasteiger partial charge in [0.1, 0.15) is 11.9 Å². The van der Waals surface area contributed by atoms with Crippen LogP contribution < -0.4 is 10.1 Å².